The molecule has 0 aromatic heterocycles. The Balaban J connectivity index is 2.02. The number of rotatable bonds is 4. The molecule has 1 saturated carbocycles. The fourth-order valence-electron chi connectivity index (χ4n) is 2.97. The van der Waals surface area contributed by atoms with Crippen LogP contribution in [0.25, 0.3) is 0 Å². The van der Waals surface area contributed by atoms with Crippen LogP contribution in [0.1, 0.15) is 44.6 Å². The average Bonchev–Trinajstić information content (AvgIpc) is 2.43. The second-order valence-electron chi connectivity index (χ2n) is 5.52. The van der Waals surface area contributed by atoms with E-state index in [4.69, 9.17) is 11.6 Å². The first-order valence-electron chi connectivity index (χ1n) is 7.06. The minimum atomic E-state index is -0.333. The number of hydrogen-bond acceptors (Lipinski definition) is 1. The van der Waals surface area contributed by atoms with Gasteiger partial charge in [0.25, 0.3) is 0 Å². The lowest BCUT2D eigenvalue weighted by molar-refractivity contribution is -0.123. The molecule has 3 heteroatoms. The van der Waals surface area contributed by atoms with Gasteiger partial charge in [0, 0.05) is 17.4 Å². The first-order valence-corrected chi connectivity index (χ1v) is 7.44. The largest absolute Gasteiger partial charge is 0.299 e. The lowest BCUT2D eigenvalue weighted by Gasteiger charge is -2.27. The minimum Gasteiger partial charge on any atom is -0.299 e. The number of ketones is 1. The summed E-state index contributed by atoms with van der Waals surface area (Å²) in [6.45, 7) is 2.17. The van der Waals surface area contributed by atoms with Gasteiger partial charge in [0.15, 0.2) is 0 Å². The molecule has 1 aromatic carbocycles. The van der Waals surface area contributed by atoms with Crippen LogP contribution < -0.4 is 0 Å². The van der Waals surface area contributed by atoms with E-state index < -0.39 is 0 Å². The van der Waals surface area contributed by atoms with Crippen molar-refractivity contribution in [3.8, 4) is 0 Å². The van der Waals surface area contributed by atoms with E-state index >= 15 is 0 Å². The summed E-state index contributed by atoms with van der Waals surface area (Å²) in [5, 5.41) is 0.485. The van der Waals surface area contributed by atoms with Crippen molar-refractivity contribution >= 4 is 17.4 Å². The molecule has 0 saturated heterocycles. The van der Waals surface area contributed by atoms with Crippen LogP contribution in [0.2, 0.25) is 5.02 Å². The van der Waals surface area contributed by atoms with E-state index in [0.717, 1.165) is 25.7 Å². The van der Waals surface area contributed by atoms with E-state index in [-0.39, 0.29) is 23.9 Å². The number of hydrogen-bond donors (Lipinski definition) is 0. The van der Waals surface area contributed by atoms with Gasteiger partial charge >= 0.3 is 0 Å². The lowest BCUT2D eigenvalue weighted by Crippen LogP contribution is -2.24. The van der Waals surface area contributed by atoms with E-state index in [1.54, 1.807) is 6.07 Å². The first-order chi connectivity index (χ1) is 9.10. The van der Waals surface area contributed by atoms with Crippen molar-refractivity contribution in [1.82, 2.24) is 0 Å². The standard InChI is InChI=1S/C16H20ClFO/c1-2-11-4-3-5-12(8-11)16(19)10-13-9-14(17)6-7-15(13)18/h6-7,9,11-12H,2-5,8,10H2,1H3. The first kappa shape index (κ1) is 14.5. The van der Waals surface area contributed by atoms with Crippen LogP contribution in [-0.2, 0) is 11.2 Å². The molecule has 1 aliphatic rings. The van der Waals surface area contributed by atoms with Gasteiger partial charge in [-0.2, -0.15) is 0 Å². The van der Waals surface area contributed by atoms with Gasteiger partial charge in [-0.1, -0.05) is 37.8 Å². The highest BCUT2D eigenvalue weighted by Gasteiger charge is 2.26. The van der Waals surface area contributed by atoms with Gasteiger partial charge in [0.2, 0.25) is 0 Å². The third-order valence-electron chi connectivity index (χ3n) is 4.19. The third-order valence-corrected chi connectivity index (χ3v) is 4.42. The van der Waals surface area contributed by atoms with E-state index in [1.165, 1.54) is 18.6 Å². The molecule has 1 nitrogen and oxygen atoms in total. The van der Waals surface area contributed by atoms with E-state index in [0.29, 0.717) is 16.5 Å². The maximum Gasteiger partial charge on any atom is 0.140 e. The lowest BCUT2D eigenvalue weighted by atomic mass is 9.77. The molecule has 2 unspecified atom stereocenters. The maximum absolute atomic E-state index is 13.6. The van der Waals surface area contributed by atoms with Gasteiger partial charge in [0.05, 0.1) is 0 Å². The van der Waals surface area contributed by atoms with Crippen LogP contribution in [0.5, 0.6) is 0 Å². The summed E-state index contributed by atoms with van der Waals surface area (Å²) in [6.07, 6.45) is 5.58. The topological polar surface area (TPSA) is 17.1 Å². The molecule has 0 bridgehead atoms. The quantitative estimate of drug-likeness (QED) is 0.775. The molecule has 1 aliphatic carbocycles. The predicted octanol–water partition coefficient (Wildman–Crippen LogP) is 4.81. The Morgan fingerprint density at radius 3 is 2.95 bits per heavy atom. The van der Waals surface area contributed by atoms with E-state index in [2.05, 4.69) is 6.92 Å². The van der Waals surface area contributed by atoms with Crippen LogP contribution in [0, 0.1) is 17.7 Å². The number of halogens is 2. The summed E-state index contributed by atoms with van der Waals surface area (Å²) in [5.41, 5.74) is 0.427. The monoisotopic (exact) mass is 282 g/mol. The molecule has 1 aromatic rings. The van der Waals surface area contributed by atoms with E-state index in [1.807, 2.05) is 0 Å². The van der Waals surface area contributed by atoms with Gasteiger partial charge in [0.1, 0.15) is 11.6 Å². The SMILES string of the molecule is CCC1CCCC(C(=O)Cc2cc(Cl)ccc2F)C1. The predicted molar refractivity (Wildman–Crippen MR) is 75.9 cm³/mol. The highest BCUT2D eigenvalue weighted by Crippen LogP contribution is 2.32. The molecular weight excluding hydrogens is 263 g/mol. The Bertz CT molecular complexity index is 458. The molecule has 0 N–H and O–H groups in total. The number of carbonyl (C=O) groups is 1. The van der Waals surface area contributed by atoms with Crippen molar-refractivity contribution < 1.29 is 9.18 Å². The Morgan fingerprint density at radius 2 is 2.21 bits per heavy atom. The third kappa shape index (κ3) is 3.79. The zero-order valence-corrected chi connectivity index (χ0v) is 12.0. The summed E-state index contributed by atoms with van der Waals surface area (Å²) in [5.74, 6) is 0.601. The summed E-state index contributed by atoms with van der Waals surface area (Å²) >= 11 is 5.85. The highest BCUT2D eigenvalue weighted by atomic mass is 35.5. The van der Waals surface area contributed by atoms with Gasteiger partial charge in [-0.15, -0.1) is 0 Å². The molecular formula is C16H20ClFO. The van der Waals surface area contributed by atoms with Gasteiger partial charge in [-0.25, -0.2) is 4.39 Å². The summed E-state index contributed by atoms with van der Waals surface area (Å²) in [7, 11) is 0. The smallest absolute Gasteiger partial charge is 0.140 e. The maximum atomic E-state index is 13.6. The van der Waals surface area contributed by atoms with Crippen molar-refractivity contribution in [3.63, 3.8) is 0 Å². The van der Waals surface area contributed by atoms with Gasteiger partial charge in [-0.3, -0.25) is 4.79 Å². The van der Waals surface area contributed by atoms with Crippen LogP contribution in [-0.4, -0.2) is 5.78 Å². The van der Waals surface area contributed by atoms with Crippen LogP contribution in [0.3, 0.4) is 0 Å². The number of benzene rings is 1. The fraction of sp³-hybridized carbons (Fsp3) is 0.562. The normalized spacial score (nSPS) is 23.3. The molecule has 0 heterocycles. The molecule has 1 fully saturated rings. The fourth-order valence-corrected chi connectivity index (χ4v) is 3.16. The minimum absolute atomic E-state index is 0.108. The van der Waals surface area contributed by atoms with Crippen LogP contribution in [0.4, 0.5) is 4.39 Å². The zero-order valence-electron chi connectivity index (χ0n) is 11.3. The van der Waals surface area contributed by atoms with Crippen LogP contribution in [0.15, 0.2) is 18.2 Å². The van der Waals surface area contributed by atoms with Crippen molar-refractivity contribution in [2.75, 3.05) is 0 Å². The summed E-state index contributed by atoms with van der Waals surface area (Å²) < 4.78 is 13.6. The van der Waals surface area contributed by atoms with Crippen LogP contribution >= 0.6 is 11.6 Å². The Morgan fingerprint density at radius 1 is 1.42 bits per heavy atom. The molecule has 0 radical (unpaired) electrons. The second kappa shape index (κ2) is 6.51. The molecule has 0 aliphatic heterocycles. The molecule has 19 heavy (non-hydrogen) atoms. The average molecular weight is 283 g/mol. The summed E-state index contributed by atoms with van der Waals surface area (Å²) in [4.78, 5) is 12.3. The molecule has 2 atom stereocenters. The summed E-state index contributed by atoms with van der Waals surface area (Å²) in [6, 6.07) is 4.41. The van der Waals surface area contributed by atoms with Crippen molar-refractivity contribution in [2.45, 2.75) is 45.4 Å². The Kier molecular flexibility index (Phi) is 4.98. The van der Waals surface area contributed by atoms with Crippen molar-refractivity contribution in [1.29, 1.82) is 0 Å². The van der Waals surface area contributed by atoms with E-state index in [9.17, 15) is 9.18 Å². The number of Topliss-reactive ketones (excluding diaryl/α,β-unsaturated/α-hetero) is 1. The molecule has 104 valence electrons. The highest BCUT2D eigenvalue weighted by molar-refractivity contribution is 6.30. The second-order valence-corrected chi connectivity index (χ2v) is 5.95. The molecule has 2 rings (SSSR count). The number of carbonyl (C=O) groups excluding carboxylic acids is 1. The van der Waals surface area contributed by atoms with Crippen molar-refractivity contribution in [2.24, 2.45) is 11.8 Å². The van der Waals surface area contributed by atoms with Crippen molar-refractivity contribution in [3.05, 3.63) is 34.6 Å². The molecule has 0 spiro atoms. The molecule has 0 amide bonds. The zero-order chi connectivity index (χ0) is 13.8. The Labute approximate surface area is 119 Å². The van der Waals surface area contributed by atoms with Gasteiger partial charge in [-0.05, 0) is 42.5 Å². The van der Waals surface area contributed by atoms with Gasteiger partial charge < -0.3 is 0 Å². The Hall–Kier alpha value is -0.890.